The molecule has 2 aliphatic rings. The number of hydrogen-bond acceptors (Lipinski definition) is 2. The van der Waals surface area contributed by atoms with Crippen LogP contribution in [0.15, 0.2) is 0 Å². The highest BCUT2D eigenvalue weighted by atomic mass is 16.3. The molecule has 2 saturated carbocycles. The fraction of sp³-hybridized carbons (Fsp3) is 0.938. The highest BCUT2D eigenvalue weighted by Crippen LogP contribution is 2.16. The lowest BCUT2D eigenvalue weighted by molar-refractivity contribution is -0.119. The first-order valence-corrected chi connectivity index (χ1v) is 7.99. The van der Waals surface area contributed by atoms with Gasteiger partial charge in [0.2, 0.25) is 0 Å². The number of Topliss-reactive ketones (excluding diaryl/α,β-unsaturated/α-hetero) is 1. The molecule has 2 heteroatoms. The van der Waals surface area contributed by atoms with E-state index in [1.54, 1.807) is 0 Å². The molecular formula is C16H32O2. The number of aliphatic hydroxyl groups excluding tert-OH is 1. The van der Waals surface area contributed by atoms with Crippen molar-refractivity contribution in [3.05, 3.63) is 0 Å². The topological polar surface area (TPSA) is 37.3 Å². The summed E-state index contributed by atoms with van der Waals surface area (Å²) in [6.45, 7) is 0. The van der Waals surface area contributed by atoms with E-state index in [9.17, 15) is 9.90 Å². The molecule has 0 spiro atoms. The van der Waals surface area contributed by atoms with Gasteiger partial charge in [-0.1, -0.05) is 51.4 Å². The molecule has 0 saturated heterocycles. The monoisotopic (exact) mass is 256 g/mol. The number of ketones is 1. The fourth-order valence-electron chi connectivity index (χ4n) is 2.73. The maximum Gasteiger partial charge on any atom is 0.132 e. The zero-order valence-electron chi connectivity index (χ0n) is 11.8. The quantitative estimate of drug-likeness (QED) is 0.685. The Bertz CT molecular complexity index is 201. The molecule has 1 N–H and O–H groups in total. The van der Waals surface area contributed by atoms with Crippen molar-refractivity contribution in [2.45, 2.75) is 96.0 Å². The van der Waals surface area contributed by atoms with Gasteiger partial charge in [-0.2, -0.15) is 0 Å². The predicted molar refractivity (Wildman–Crippen MR) is 77.8 cm³/mol. The molecule has 2 fully saturated rings. The van der Waals surface area contributed by atoms with Gasteiger partial charge in [0.1, 0.15) is 5.78 Å². The van der Waals surface area contributed by atoms with Crippen molar-refractivity contribution in [2.75, 3.05) is 0 Å². The van der Waals surface area contributed by atoms with E-state index in [0.717, 1.165) is 38.5 Å². The largest absolute Gasteiger partial charge is 0.393 e. The molecule has 0 aliphatic heterocycles. The molecule has 0 heterocycles. The van der Waals surface area contributed by atoms with Crippen molar-refractivity contribution in [1.29, 1.82) is 0 Å². The van der Waals surface area contributed by atoms with Crippen molar-refractivity contribution in [3.63, 3.8) is 0 Å². The Hall–Kier alpha value is -0.370. The SMILES string of the molecule is O=C1CCCCCCC1.OC1CCCCCCC1.[HH]. The van der Waals surface area contributed by atoms with E-state index < -0.39 is 0 Å². The number of hydrogen-bond donors (Lipinski definition) is 1. The molecule has 2 nitrogen and oxygen atoms in total. The van der Waals surface area contributed by atoms with E-state index >= 15 is 0 Å². The van der Waals surface area contributed by atoms with Gasteiger partial charge >= 0.3 is 0 Å². The number of aliphatic hydroxyl groups is 1. The van der Waals surface area contributed by atoms with Crippen molar-refractivity contribution < 1.29 is 11.3 Å². The zero-order chi connectivity index (χ0) is 13.1. The lowest BCUT2D eigenvalue weighted by Crippen LogP contribution is -2.07. The molecular weight excluding hydrogens is 224 g/mol. The minimum absolute atomic E-state index is 0. The lowest BCUT2D eigenvalue weighted by atomic mass is 9.99. The van der Waals surface area contributed by atoms with Crippen LogP contribution in [0.3, 0.4) is 0 Å². The van der Waals surface area contributed by atoms with Crippen LogP contribution in [0.25, 0.3) is 0 Å². The molecule has 0 atom stereocenters. The zero-order valence-corrected chi connectivity index (χ0v) is 11.8. The van der Waals surface area contributed by atoms with Gasteiger partial charge in [0.05, 0.1) is 6.10 Å². The standard InChI is InChI=1S/C8H16O.C8H14O.H2/c2*9-8-6-4-2-1-3-5-7-8;/h8-9H,1-7H2;1-7H2;1H. The first kappa shape index (κ1) is 15.7. The van der Waals surface area contributed by atoms with Crippen molar-refractivity contribution >= 4 is 5.78 Å². The van der Waals surface area contributed by atoms with Crippen LogP contribution < -0.4 is 0 Å². The lowest BCUT2D eigenvalue weighted by Gasteiger charge is -2.13. The molecule has 2 rings (SSSR count). The van der Waals surface area contributed by atoms with Crippen LogP contribution in [0.5, 0.6) is 0 Å². The summed E-state index contributed by atoms with van der Waals surface area (Å²) >= 11 is 0. The Labute approximate surface area is 114 Å². The molecule has 2 aliphatic carbocycles. The summed E-state index contributed by atoms with van der Waals surface area (Å²) in [6.07, 6.45) is 16.5. The van der Waals surface area contributed by atoms with Crippen LogP contribution in [0, 0.1) is 0 Å². The summed E-state index contributed by atoms with van der Waals surface area (Å²) in [5.74, 6) is 0.481. The molecule has 0 bridgehead atoms. The molecule has 18 heavy (non-hydrogen) atoms. The molecule has 108 valence electrons. The van der Waals surface area contributed by atoms with Crippen LogP contribution in [0.2, 0.25) is 0 Å². The Morgan fingerprint density at radius 3 is 1.61 bits per heavy atom. The number of carbonyl (C=O) groups is 1. The Kier molecular flexibility index (Phi) is 9.19. The smallest absolute Gasteiger partial charge is 0.132 e. The summed E-state index contributed by atoms with van der Waals surface area (Å²) in [4.78, 5) is 10.8. The molecule has 0 unspecified atom stereocenters. The number of carbonyl (C=O) groups excluding carboxylic acids is 1. The maximum atomic E-state index is 10.8. The van der Waals surface area contributed by atoms with E-state index in [1.807, 2.05) is 0 Å². The Balaban J connectivity index is 0.000000324. The molecule has 0 radical (unpaired) electrons. The first-order valence-electron chi connectivity index (χ1n) is 7.99. The van der Waals surface area contributed by atoms with Gasteiger partial charge in [0.25, 0.3) is 0 Å². The van der Waals surface area contributed by atoms with Crippen molar-refractivity contribution in [3.8, 4) is 0 Å². The van der Waals surface area contributed by atoms with Gasteiger partial charge in [-0.3, -0.25) is 4.79 Å². The van der Waals surface area contributed by atoms with Crippen molar-refractivity contribution in [2.24, 2.45) is 0 Å². The summed E-state index contributed by atoms with van der Waals surface area (Å²) in [5, 5.41) is 9.21. The van der Waals surface area contributed by atoms with Gasteiger partial charge in [-0.15, -0.1) is 0 Å². The average Bonchev–Trinajstić information content (AvgIpc) is 2.30. The Morgan fingerprint density at radius 2 is 1.11 bits per heavy atom. The summed E-state index contributed by atoms with van der Waals surface area (Å²) in [5.41, 5.74) is 0. The second-order valence-electron chi connectivity index (χ2n) is 5.81. The highest BCUT2D eigenvalue weighted by Gasteiger charge is 2.06. The third-order valence-corrected chi connectivity index (χ3v) is 3.99. The summed E-state index contributed by atoms with van der Waals surface area (Å²) < 4.78 is 0. The number of rotatable bonds is 0. The third kappa shape index (κ3) is 8.68. The summed E-state index contributed by atoms with van der Waals surface area (Å²) in [6, 6.07) is 0. The first-order chi connectivity index (χ1) is 8.79. The average molecular weight is 256 g/mol. The van der Waals surface area contributed by atoms with Crippen LogP contribution >= 0.6 is 0 Å². The second kappa shape index (κ2) is 10.5. The van der Waals surface area contributed by atoms with Gasteiger partial charge in [-0.25, -0.2) is 0 Å². The maximum absolute atomic E-state index is 10.8. The van der Waals surface area contributed by atoms with Crippen LogP contribution in [-0.4, -0.2) is 17.0 Å². The predicted octanol–water partition coefficient (Wildman–Crippen LogP) is 4.64. The van der Waals surface area contributed by atoms with Crippen LogP contribution in [0.4, 0.5) is 0 Å². The van der Waals surface area contributed by atoms with E-state index in [-0.39, 0.29) is 7.53 Å². The molecule has 0 aromatic heterocycles. The van der Waals surface area contributed by atoms with E-state index in [4.69, 9.17) is 0 Å². The minimum Gasteiger partial charge on any atom is -0.393 e. The van der Waals surface area contributed by atoms with Gasteiger partial charge in [0.15, 0.2) is 0 Å². The van der Waals surface area contributed by atoms with Gasteiger partial charge < -0.3 is 5.11 Å². The van der Waals surface area contributed by atoms with Crippen LogP contribution in [0.1, 0.15) is 91.3 Å². The normalized spacial score (nSPS) is 23.9. The molecule has 0 amide bonds. The van der Waals surface area contributed by atoms with Gasteiger partial charge in [-0.05, 0) is 25.7 Å². The fourth-order valence-corrected chi connectivity index (χ4v) is 2.73. The minimum atomic E-state index is 0. The molecule has 0 aromatic carbocycles. The van der Waals surface area contributed by atoms with E-state index in [1.165, 1.54) is 51.4 Å². The molecule has 0 aromatic rings. The van der Waals surface area contributed by atoms with Crippen molar-refractivity contribution in [1.82, 2.24) is 0 Å². The highest BCUT2D eigenvalue weighted by molar-refractivity contribution is 5.78. The van der Waals surface area contributed by atoms with E-state index in [0.29, 0.717) is 5.78 Å². The Morgan fingerprint density at radius 1 is 0.722 bits per heavy atom. The second-order valence-corrected chi connectivity index (χ2v) is 5.81. The third-order valence-electron chi connectivity index (χ3n) is 3.99. The van der Waals surface area contributed by atoms with Crippen LogP contribution in [-0.2, 0) is 4.79 Å². The van der Waals surface area contributed by atoms with Gasteiger partial charge in [0, 0.05) is 14.3 Å². The van der Waals surface area contributed by atoms with E-state index in [2.05, 4.69) is 0 Å². The summed E-state index contributed by atoms with van der Waals surface area (Å²) in [7, 11) is 0.